The van der Waals surface area contributed by atoms with Crippen molar-refractivity contribution >= 4 is 17.9 Å². The molecule has 0 spiro atoms. The monoisotopic (exact) mass is 374 g/mol. The molecule has 0 saturated carbocycles. The molecule has 0 aliphatic rings. The minimum atomic E-state index is -1.55. The van der Waals surface area contributed by atoms with E-state index in [0.29, 0.717) is 0 Å². The van der Waals surface area contributed by atoms with Crippen LogP contribution in [-0.2, 0) is 9.59 Å². The second-order valence-electron chi connectivity index (χ2n) is 5.51. The Morgan fingerprint density at radius 1 is 1.31 bits per heavy atom. The molecule has 0 bridgehead atoms. The first-order valence-electron chi connectivity index (χ1n) is 7.61. The third-order valence-corrected chi connectivity index (χ3v) is 3.30. The molecule has 0 aliphatic heterocycles. The summed E-state index contributed by atoms with van der Waals surface area (Å²) in [5.41, 5.74) is 10.6. The molecule has 0 saturated heterocycles. The lowest BCUT2D eigenvalue weighted by molar-refractivity contribution is -0.141. The molecule has 1 aromatic rings. The predicted octanol–water partition coefficient (Wildman–Crippen LogP) is -2.50. The Labute approximate surface area is 147 Å². The maximum absolute atomic E-state index is 12.0. The van der Waals surface area contributed by atoms with E-state index in [9.17, 15) is 19.5 Å². The highest BCUT2D eigenvalue weighted by Crippen LogP contribution is 2.18. The van der Waals surface area contributed by atoms with Gasteiger partial charge in [0.25, 0.3) is 0 Å². The van der Waals surface area contributed by atoms with Crippen molar-refractivity contribution in [3.8, 4) is 0 Å². The number of carbonyl (C=O) groups is 3. The van der Waals surface area contributed by atoms with Gasteiger partial charge in [0.15, 0.2) is 11.9 Å². The van der Waals surface area contributed by atoms with Gasteiger partial charge in [-0.1, -0.05) is 5.16 Å². The van der Waals surface area contributed by atoms with Crippen molar-refractivity contribution in [3.63, 3.8) is 0 Å². The summed E-state index contributed by atoms with van der Waals surface area (Å²) in [6.07, 6.45) is -1.49. The molecule has 3 amide bonds. The number of nitrogens with two attached hydrogens (primary N) is 2. The van der Waals surface area contributed by atoms with E-state index in [-0.39, 0.29) is 24.6 Å². The van der Waals surface area contributed by atoms with E-state index < -0.39 is 48.7 Å². The van der Waals surface area contributed by atoms with Crippen LogP contribution in [0.4, 0.5) is 4.79 Å². The number of urea groups is 1. The quantitative estimate of drug-likeness (QED) is 0.228. The van der Waals surface area contributed by atoms with Gasteiger partial charge in [-0.25, -0.2) is 9.59 Å². The van der Waals surface area contributed by atoms with Crippen molar-refractivity contribution < 1.29 is 34.2 Å². The molecule has 1 rings (SSSR count). The number of hydrogen-bond donors (Lipinski definition) is 7. The van der Waals surface area contributed by atoms with Gasteiger partial charge in [0.2, 0.25) is 11.8 Å². The number of amides is 3. The first-order valence-corrected chi connectivity index (χ1v) is 7.61. The zero-order chi connectivity index (χ0) is 19.9. The van der Waals surface area contributed by atoms with Crippen LogP contribution < -0.4 is 22.1 Å². The number of rotatable bonds is 10. The molecular formula is C13H22N6O7. The van der Waals surface area contributed by atoms with Gasteiger partial charge in [-0.15, -0.1) is 0 Å². The van der Waals surface area contributed by atoms with Crippen LogP contribution in [0.5, 0.6) is 0 Å². The summed E-state index contributed by atoms with van der Waals surface area (Å²) in [7, 11) is 0. The molecule has 13 heteroatoms. The Morgan fingerprint density at radius 2 is 1.96 bits per heavy atom. The van der Waals surface area contributed by atoms with Crippen LogP contribution in [0.3, 0.4) is 0 Å². The Balaban J connectivity index is 2.89. The average molecular weight is 374 g/mol. The maximum Gasteiger partial charge on any atom is 0.328 e. The number of aliphatic hydroxyl groups excluding tert-OH is 2. The molecule has 0 aliphatic carbocycles. The van der Waals surface area contributed by atoms with Gasteiger partial charge in [0.1, 0.15) is 6.04 Å². The summed E-state index contributed by atoms with van der Waals surface area (Å²) in [6.45, 7) is 0.762. The molecule has 1 heterocycles. The lowest BCUT2D eigenvalue weighted by Crippen LogP contribution is -2.51. The number of aromatic nitrogens is 2. The fraction of sp³-hybridized carbons (Fsp3) is 0.615. The molecule has 4 atom stereocenters. The van der Waals surface area contributed by atoms with Crippen molar-refractivity contribution in [1.29, 1.82) is 0 Å². The third-order valence-electron chi connectivity index (χ3n) is 3.30. The van der Waals surface area contributed by atoms with Gasteiger partial charge >= 0.3 is 12.0 Å². The van der Waals surface area contributed by atoms with E-state index in [0.717, 1.165) is 0 Å². The van der Waals surface area contributed by atoms with Crippen LogP contribution >= 0.6 is 0 Å². The molecule has 0 radical (unpaired) electrons. The summed E-state index contributed by atoms with van der Waals surface area (Å²) < 4.78 is 4.97. The first kappa shape index (κ1) is 21.3. The average Bonchev–Trinajstić information content (AvgIpc) is 3.04. The molecule has 1 aromatic heterocycles. The van der Waals surface area contributed by atoms with E-state index in [1.807, 2.05) is 0 Å². The van der Waals surface area contributed by atoms with Gasteiger partial charge in [-0.2, -0.15) is 4.98 Å². The number of nitrogens with zero attached hydrogens (tertiary/aromatic N) is 2. The van der Waals surface area contributed by atoms with E-state index in [4.69, 9.17) is 26.2 Å². The highest BCUT2D eigenvalue weighted by molar-refractivity contribution is 5.83. The van der Waals surface area contributed by atoms with Gasteiger partial charge < -0.3 is 41.9 Å². The van der Waals surface area contributed by atoms with Crippen molar-refractivity contribution in [2.75, 3.05) is 6.61 Å². The topological polar surface area (TPSA) is 227 Å². The van der Waals surface area contributed by atoms with Crippen molar-refractivity contribution in [2.24, 2.45) is 11.5 Å². The van der Waals surface area contributed by atoms with Crippen LogP contribution in [0, 0.1) is 0 Å². The van der Waals surface area contributed by atoms with Crippen molar-refractivity contribution in [1.82, 2.24) is 20.8 Å². The van der Waals surface area contributed by atoms with Gasteiger partial charge in [-0.05, 0) is 13.3 Å². The Kier molecular flexibility index (Phi) is 7.89. The number of carboxylic acids is 1. The maximum atomic E-state index is 12.0. The van der Waals surface area contributed by atoms with Crippen LogP contribution in [0.15, 0.2) is 4.52 Å². The summed E-state index contributed by atoms with van der Waals surface area (Å²) in [5.74, 6) is -2.19. The predicted molar refractivity (Wildman–Crippen MR) is 84.3 cm³/mol. The number of carbonyl (C=O) groups excluding carboxylic acids is 2. The Bertz CT molecular complexity index is 634. The van der Waals surface area contributed by atoms with Gasteiger partial charge in [0, 0.05) is 6.42 Å². The second kappa shape index (κ2) is 9.65. The highest BCUT2D eigenvalue weighted by atomic mass is 16.5. The van der Waals surface area contributed by atoms with Crippen molar-refractivity contribution in [2.45, 2.75) is 44.0 Å². The normalized spacial score (nSPS) is 15.5. The lowest BCUT2D eigenvalue weighted by Gasteiger charge is -2.20. The first-order chi connectivity index (χ1) is 12.1. The fourth-order valence-electron chi connectivity index (χ4n) is 1.89. The number of hydrogen-bond acceptors (Lipinski definition) is 9. The number of carboxylic acid groups (broad SMARTS) is 1. The molecule has 1 unspecified atom stereocenters. The SMILES string of the molecule is CC(O)[C@H](NC(=O)N[C@@H](CCC(N)=O)c1nc([C@@H](N)CO)no1)C(=O)O. The van der Waals surface area contributed by atoms with E-state index in [1.54, 1.807) is 0 Å². The van der Waals surface area contributed by atoms with E-state index >= 15 is 0 Å². The van der Waals surface area contributed by atoms with Crippen LogP contribution in [0.2, 0.25) is 0 Å². The smallest absolute Gasteiger partial charge is 0.328 e. The number of nitrogens with one attached hydrogen (secondary N) is 2. The molecule has 9 N–H and O–H groups in total. The molecular weight excluding hydrogens is 352 g/mol. The number of aliphatic hydroxyl groups is 2. The molecule has 0 fully saturated rings. The summed E-state index contributed by atoms with van der Waals surface area (Å²) in [5, 5.41) is 35.4. The summed E-state index contributed by atoms with van der Waals surface area (Å²) in [4.78, 5) is 38.0. The minimum absolute atomic E-state index is 0.00876. The fourth-order valence-corrected chi connectivity index (χ4v) is 1.89. The zero-order valence-corrected chi connectivity index (χ0v) is 14.0. The Hall–Kier alpha value is -2.77. The van der Waals surface area contributed by atoms with Gasteiger partial charge in [0.05, 0.1) is 18.8 Å². The molecule has 13 nitrogen and oxygen atoms in total. The third kappa shape index (κ3) is 6.27. The van der Waals surface area contributed by atoms with Crippen LogP contribution in [0.1, 0.15) is 43.6 Å². The minimum Gasteiger partial charge on any atom is -0.480 e. The lowest BCUT2D eigenvalue weighted by atomic mass is 10.1. The van der Waals surface area contributed by atoms with Crippen LogP contribution in [-0.4, -0.2) is 62.1 Å². The van der Waals surface area contributed by atoms with E-state index in [2.05, 4.69) is 20.8 Å². The second-order valence-corrected chi connectivity index (χ2v) is 5.51. The number of aliphatic carboxylic acids is 1. The summed E-state index contributed by atoms with van der Waals surface area (Å²) in [6, 6.07) is -4.37. The number of primary amides is 1. The van der Waals surface area contributed by atoms with E-state index in [1.165, 1.54) is 6.92 Å². The molecule has 146 valence electrons. The molecule has 0 aromatic carbocycles. The largest absolute Gasteiger partial charge is 0.480 e. The zero-order valence-electron chi connectivity index (χ0n) is 14.0. The molecule has 26 heavy (non-hydrogen) atoms. The Morgan fingerprint density at radius 3 is 2.46 bits per heavy atom. The standard InChI is InChI=1S/C13H22N6O7/c1-5(21)9(12(23)24)17-13(25)16-7(2-3-8(15)22)11-18-10(19-26-11)6(14)4-20/h5-7,9,20-21H,2-4,14H2,1H3,(H2,15,22)(H,23,24)(H2,16,17,25)/t5?,6-,7-,9-/m0/s1. The van der Waals surface area contributed by atoms with Gasteiger partial charge in [-0.3, -0.25) is 4.79 Å². The van der Waals surface area contributed by atoms with Crippen molar-refractivity contribution in [3.05, 3.63) is 11.7 Å². The van der Waals surface area contributed by atoms with Crippen LogP contribution in [0.25, 0.3) is 0 Å². The summed E-state index contributed by atoms with van der Waals surface area (Å²) >= 11 is 0. The highest BCUT2D eigenvalue weighted by Gasteiger charge is 2.28.